The Balaban J connectivity index is 1.52. The predicted octanol–water partition coefficient (Wildman–Crippen LogP) is 1.92. The van der Waals surface area contributed by atoms with Crippen LogP contribution in [0.2, 0.25) is 0 Å². The van der Waals surface area contributed by atoms with E-state index in [4.69, 9.17) is 4.42 Å². The maximum atomic E-state index is 5.31. The second kappa shape index (κ2) is 5.50. The van der Waals surface area contributed by atoms with E-state index >= 15 is 0 Å². The van der Waals surface area contributed by atoms with Crippen molar-refractivity contribution in [3.05, 3.63) is 30.2 Å². The van der Waals surface area contributed by atoms with Gasteiger partial charge in [0.25, 0.3) is 0 Å². The van der Waals surface area contributed by atoms with Gasteiger partial charge in [-0.15, -0.1) is 0 Å². The molecular weight excluding hydrogens is 226 g/mol. The molecule has 1 fully saturated rings. The Hall–Kier alpha value is -1.39. The summed E-state index contributed by atoms with van der Waals surface area (Å²) in [7, 11) is 0. The Labute approximate surface area is 107 Å². The summed E-state index contributed by atoms with van der Waals surface area (Å²) in [5, 5.41) is 6.93. The van der Waals surface area contributed by atoms with E-state index in [-0.39, 0.29) is 0 Å². The molecule has 0 aliphatic carbocycles. The first-order valence-electron chi connectivity index (χ1n) is 6.65. The first kappa shape index (κ1) is 11.7. The van der Waals surface area contributed by atoms with Crippen molar-refractivity contribution in [1.29, 1.82) is 0 Å². The summed E-state index contributed by atoms with van der Waals surface area (Å²) >= 11 is 0. The van der Waals surface area contributed by atoms with Crippen LogP contribution in [0.1, 0.15) is 18.4 Å². The third-order valence-electron chi connectivity index (χ3n) is 3.62. The Morgan fingerprint density at radius 3 is 3.11 bits per heavy atom. The van der Waals surface area contributed by atoms with Crippen LogP contribution in [0.25, 0.3) is 11.1 Å². The van der Waals surface area contributed by atoms with Crippen LogP contribution in [0, 0.1) is 5.92 Å². The molecule has 0 bridgehead atoms. The van der Waals surface area contributed by atoms with Gasteiger partial charge < -0.3 is 15.1 Å². The topological polar surface area (TPSA) is 50.1 Å². The monoisotopic (exact) mass is 245 g/mol. The normalized spacial score (nSPS) is 17.3. The number of benzene rings is 1. The first-order chi connectivity index (χ1) is 8.92. The summed E-state index contributed by atoms with van der Waals surface area (Å²) in [6, 6.07) is 6.19. The van der Waals surface area contributed by atoms with Gasteiger partial charge in [-0.25, -0.2) is 4.98 Å². The van der Waals surface area contributed by atoms with Crippen LogP contribution in [0.15, 0.2) is 29.0 Å². The summed E-state index contributed by atoms with van der Waals surface area (Å²) in [6.45, 7) is 4.34. The second-order valence-electron chi connectivity index (χ2n) is 4.98. The zero-order valence-electron chi connectivity index (χ0n) is 10.5. The van der Waals surface area contributed by atoms with E-state index < -0.39 is 0 Å². The van der Waals surface area contributed by atoms with Crippen molar-refractivity contribution >= 4 is 11.1 Å². The standard InChI is InChI=1S/C14H19N3O/c1-2-13-14(18-10-17-13)7-12(1)9-16-8-11-3-5-15-6-4-11/h1-2,7,10-11,15-16H,3-6,8-9H2. The van der Waals surface area contributed by atoms with Crippen molar-refractivity contribution in [2.45, 2.75) is 19.4 Å². The van der Waals surface area contributed by atoms with Crippen molar-refractivity contribution < 1.29 is 4.42 Å². The molecule has 2 heterocycles. The Bertz CT molecular complexity index is 502. The van der Waals surface area contributed by atoms with E-state index in [1.165, 1.54) is 24.8 Å². The molecule has 18 heavy (non-hydrogen) atoms. The van der Waals surface area contributed by atoms with Gasteiger partial charge in [0.2, 0.25) is 0 Å². The number of rotatable bonds is 4. The van der Waals surface area contributed by atoms with E-state index in [2.05, 4.69) is 27.8 Å². The molecule has 4 nitrogen and oxygen atoms in total. The molecule has 1 aliphatic heterocycles. The summed E-state index contributed by atoms with van der Waals surface area (Å²) in [5.41, 5.74) is 3.06. The number of nitrogens with zero attached hydrogens (tertiary/aromatic N) is 1. The van der Waals surface area contributed by atoms with Crippen LogP contribution < -0.4 is 10.6 Å². The quantitative estimate of drug-likeness (QED) is 0.864. The minimum absolute atomic E-state index is 0.820. The molecule has 1 aromatic heterocycles. The minimum Gasteiger partial charge on any atom is -0.443 e. The third kappa shape index (κ3) is 2.71. The molecule has 0 spiro atoms. The third-order valence-corrected chi connectivity index (χ3v) is 3.62. The molecule has 96 valence electrons. The van der Waals surface area contributed by atoms with Crippen LogP contribution >= 0.6 is 0 Å². The highest BCUT2D eigenvalue weighted by molar-refractivity contribution is 5.72. The van der Waals surface area contributed by atoms with E-state index in [0.717, 1.165) is 43.2 Å². The fourth-order valence-electron chi connectivity index (χ4n) is 2.52. The molecule has 1 aliphatic rings. The smallest absolute Gasteiger partial charge is 0.181 e. The average Bonchev–Trinajstić information content (AvgIpc) is 2.87. The van der Waals surface area contributed by atoms with Gasteiger partial charge in [0.1, 0.15) is 5.52 Å². The van der Waals surface area contributed by atoms with Crippen LogP contribution in [0.5, 0.6) is 0 Å². The molecule has 0 atom stereocenters. The van der Waals surface area contributed by atoms with E-state index in [1.54, 1.807) is 0 Å². The zero-order chi connectivity index (χ0) is 12.2. The molecule has 3 rings (SSSR count). The van der Waals surface area contributed by atoms with Gasteiger partial charge in [-0.1, -0.05) is 6.07 Å². The molecule has 1 saturated heterocycles. The molecule has 4 heteroatoms. The van der Waals surface area contributed by atoms with Gasteiger partial charge in [-0.2, -0.15) is 0 Å². The van der Waals surface area contributed by atoms with Crippen LogP contribution in [-0.2, 0) is 6.54 Å². The number of oxazole rings is 1. The van der Waals surface area contributed by atoms with Crippen LogP contribution in [-0.4, -0.2) is 24.6 Å². The number of piperidine rings is 1. The second-order valence-corrected chi connectivity index (χ2v) is 4.98. The average molecular weight is 245 g/mol. The Morgan fingerprint density at radius 2 is 2.22 bits per heavy atom. The van der Waals surface area contributed by atoms with Crippen molar-refractivity contribution in [3.63, 3.8) is 0 Å². The Kier molecular flexibility index (Phi) is 3.57. The Morgan fingerprint density at radius 1 is 1.33 bits per heavy atom. The van der Waals surface area contributed by atoms with Gasteiger partial charge in [0.15, 0.2) is 12.0 Å². The summed E-state index contributed by atoms with van der Waals surface area (Å²) in [6.07, 6.45) is 4.07. The van der Waals surface area contributed by atoms with E-state index in [9.17, 15) is 0 Å². The lowest BCUT2D eigenvalue weighted by Crippen LogP contribution is -2.33. The molecule has 0 radical (unpaired) electrons. The van der Waals surface area contributed by atoms with E-state index in [0.29, 0.717) is 0 Å². The summed E-state index contributed by atoms with van der Waals surface area (Å²) < 4.78 is 5.31. The predicted molar refractivity (Wildman–Crippen MR) is 71.3 cm³/mol. The van der Waals surface area contributed by atoms with Gasteiger partial charge in [0.05, 0.1) is 0 Å². The number of hydrogen-bond donors (Lipinski definition) is 2. The van der Waals surface area contributed by atoms with Crippen molar-refractivity contribution in [2.24, 2.45) is 5.92 Å². The van der Waals surface area contributed by atoms with Gasteiger partial charge in [0, 0.05) is 6.54 Å². The molecule has 0 amide bonds. The maximum absolute atomic E-state index is 5.31. The lowest BCUT2D eigenvalue weighted by atomic mass is 9.98. The molecule has 2 N–H and O–H groups in total. The SMILES string of the molecule is c1nc2ccc(CNCC3CCNCC3)cc2o1. The van der Waals surface area contributed by atoms with Crippen molar-refractivity contribution in [1.82, 2.24) is 15.6 Å². The minimum atomic E-state index is 0.820. The van der Waals surface area contributed by atoms with E-state index in [1.807, 2.05) is 6.07 Å². The van der Waals surface area contributed by atoms with Crippen LogP contribution in [0.3, 0.4) is 0 Å². The van der Waals surface area contributed by atoms with Crippen molar-refractivity contribution in [3.8, 4) is 0 Å². The molecule has 0 unspecified atom stereocenters. The van der Waals surface area contributed by atoms with Crippen LogP contribution in [0.4, 0.5) is 0 Å². The number of fused-ring (bicyclic) bond motifs is 1. The van der Waals surface area contributed by atoms with Gasteiger partial charge in [-0.3, -0.25) is 0 Å². The number of hydrogen-bond acceptors (Lipinski definition) is 4. The molecule has 2 aromatic rings. The number of aromatic nitrogens is 1. The highest BCUT2D eigenvalue weighted by atomic mass is 16.3. The lowest BCUT2D eigenvalue weighted by Gasteiger charge is -2.22. The molecule has 0 saturated carbocycles. The summed E-state index contributed by atoms with van der Waals surface area (Å²) in [4.78, 5) is 4.12. The van der Waals surface area contributed by atoms with Gasteiger partial charge in [-0.05, 0) is 56.1 Å². The fourth-order valence-corrected chi connectivity index (χ4v) is 2.52. The molecule has 1 aromatic carbocycles. The highest BCUT2D eigenvalue weighted by Crippen LogP contribution is 2.14. The largest absolute Gasteiger partial charge is 0.443 e. The van der Waals surface area contributed by atoms with Gasteiger partial charge >= 0.3 is 0 Å². The van der Waals surface area contributed by atoms with Crippen molar-refractivity contribution in [2.75, 3.05) is 19.6 Å². The lowest BCUT2D eigenvalue weighted by molar-refractivity contribution is 0.356. The number of nitrogens with one attached hydrogen (secondary N) is 2. The summed E-state index contributed by atoms with van der Waals surface area (Å²) in [5.74, 6) is 0.820. The molecular formula is C14H19N3O. The maximum Gasteiger partial charge on any atom is 0.181 e. The first-order valence-corrected chi connectivity index (χ1v) is 6.65. The fraction of sp³-hybridized carbons (Fsp3) is 0.500. The zero-order valence-corrected chi connectivity index (χ0v) is 10.5. The highest BCUT2D eigenvalue weighted by Gasteiger charge is 2.12.